The average molecular weight is 497 g/mol. The highest BCUT2D eigenvalue weighted by Gasteiger charge is 2.22. The Bertz CT molecular complexity index is 1170. The smallest absolute Gasteiger partial charge is 0.257 e. The topological polar surface area (TPSA) is 93.2 Å². The van der Waals surface area contributed by atoms with Gasteiger partial charge in [0.15, 0.2) is 16.6 Å². The van der Waals surface area contributed by atoms with E-state index in [4.69, 9.17) is 14.2 Å². The third kappa shape index (κ3) is 5.83. The molecule has 4 rings (SSSR count). The number of aromatic nitrogens is 1. The number of thiazole rings is 1. The summed E-state index contributed by atoms with van der Waals surface area (Å²) in [4.78, 5) is 34.0. The number of methoxy groups -OCH3 is 3. The Labute approximate surface area is 208 Å². The molecule has 184 valence electrons. The SMILES string of the molecule is COc1ccc(N2CCN(C(=O)Cc3csc(NC(=O)c4ccc(OC)c(OC)c4)n3)CC2)cc1. The standard InChI is InChI=1S/C25H28N4O5S/c1-32-20-7-5-19(6-8-20)28-10-12-29(13-11-28)23(30)15-18-16-35-25(26-18)27-24(31)17-4-9-21(33-2)22(14-17)34-3/h4-9,14,16H,10-13,15H2,1-3H3,(H,26,27,31). The highest BCUT2D eigenvalue weighted by atomic mass is 32.1. The summed E-state index contributed by atoms with van der Waals surface area (Å²) in [7, 11) is 4.70. The number of nitrogens with zero attached hydrogens (tertiary/aromatic N) is 3. The number of hydrogen-bond donors (Lipinski definition) is 1. The molecule has 1 saturated heterocycles. The van der Waals surface area contributed by atoms with Crippen LogP contribution in [0.4, 0.5) is 10.8 Å². The molecule has 0 radical (unpaired) electrons. The van der Waals surface area contributed by atoms with Gasteiger partial charge in [0.25, 0.3) is 5.91 Å². The lowest BCUT2D eigenvalue weighted by molar-refractivity contribution is -0.130. The fourth-order valence-electron chi connectivity index (χ4n) is 3.87. The number of carbonyl (C=O) groups excluding carboxylic acids is 2. The molecular formula is C25H28N4O5S. The number of hydrogen-bond acceptors (Lipinski definition) is 8. The molecule has 1 aromatic heterocycles. The van der Waals surface area contributed by atoms with E-state index in [1.807, 2.05) is 29.2 Å². The van der Waals surface area contributed by atoms with Gasteiger partial charge < -0.3 is 24.0 Å². The monoisotopic (exact) mass is 496 g/mol. The van der Waals surface area contributed by atoms with E-state index in [1.54, 1.807) is 30.7 Å². The molecule has 1 N–H and O–H groups in total. The number of carbonyl (C=O) groups is 2. The highest BCUT2D eigenvalue weighted by molar-refractivity contribution is 7.14. The first-order valence-electron chi connectivity index (χ1n) is 11.1. The predicted molar refractivity (Wildman–Crippen MR) is 135 cm³/mol. The second-order valence-electron chi connectivity index (χ2n) is 7.91. The maximum atomic E-state index is 12.8. The molecule has 3 aromatic rings. The number of anilines is 2. The summed E-state index contributed by atoms with van der Waals surface area (Å²) >= 11 is 1.29. The van der Waals surface area contributed by atoms with Crippen molar-refractivity contribution < 1.29 is 23.8 Å². The number of nitrogens with one attached hydrogen (secondary N) is 1. The highest BCUT2D eigenvalue weighted by Crippen LogP contribution is 2.28. The van der Waals surface area contributed by atoms with E-state index in [0.717, 1.165) is 24.5 Å². The van der Waals surface area contributed by atoms with E-state index in [-0.39, 0.29) is 18.2 Å². The summed E-state index contributed by atoms with van der Waals surface area (Å²) in [5.74, 6) is 1.56. The molecule has 0 spiro atoms. The van der Waals surface area contributed by atoms with Gasteiger partial charge >= 0.3 is 0 Å². The Morgan fingerprint density at radius 2 is 1.66 bits per heavy atom. The third-order valence-corrected chi connectivity index (χ3v) is 6.63. The van der Waals surface area contributed by atoms with Crippen LogP contribution in [0.15, 0.2) is 47.8 Å². The molecule has 35 heavy (non-hydrogen) atoms. The molecular weight excluding hydrogens is 468 g/mol. The van der Waals surface area contributed by atoms with Gasteiger partial charge in [0.2, 0.25) is 5.91 Å². The second kappa shape index (κ2) is 11.1. The Balaban J connectivity index is 1.29. The van der Waals surface area contributed by atoms with E-state index >= 15 is 0 Å². The average Bonchev–Trinajstić information content (AvgIpc) is 3.34. The fourth-order valence-corrected chi connectivity index (χ4v) is 4.57. The van der Waals surface area contributed by atoms with E-state index in [9.17, 15) is 9.59 Å². The van der Waals surface area contributed by atoms with Crippen LogP contribution in [0, 0.1) is 0 Å². The third-order valence-electron chi connectivity index (χ3n) is 5.82. The first-order valence-corrected chi connectivity index (χ1v) is 12.0. The molecule has 9 nitrogen and oxygen atoms in total. The maximum absolute atomic E-state index is 12.8. The van der Waals surface area contributed by atoms with Gasteiger partial charge in [-0.3, -0.25) is 14.9 Å². The lowest BCUT2D eigenvalue weighted by atomic mass is 10.2. The molecule has 2 heterocycles. The van der Waals surface area contributed by atoms with Gasteiger partial charge in [0.05, 0.1) is 33.4 Å². The summed E-state index contributed by atoms with van der Waals surface area (Å²) in [6, 6.07) is 12.9. The second-order valence-corrected chi connectivity index (χ2v) is 8.77. The van der Waals surface area contributed by atoms with Gasteiger partial charge in [0, 0.05) is 42.8 Å². The van der Waals surface area contributed by atoms with Gasteiger partial charge in [-0.05, 0) is 42.5 Å². The largest absolute Gasteiger partial charge is 0.497 e. The molecule has 0 saturated carbocycles. The van der Waals surface area contributed by atoms with Crippen LogP contribution in [-0.4, -0.2) is 69.2 Å². The number of amides is 2. The van der Waals surface area contributed by atoms with Crippen molar-refractivity contribution >= 4 is 34.0 Å². The van der Waals surface area contributed by atoms with E-state index in [0.29, 0.717) is 41.0 Å². The van der Waals surface area contributed by atoms with Crippen molar-refractivity contribution in [2.45, 2.75) is 6.42 Å². The molecule has 2 amide bonds. The minimum absolute atomic E-state index is 0.0300. The molecule has 0 bridgehead atoms. The normalized spacial score (nSPS) is 13.3. The van der Waals surface area contributed by atoms with Crippen molar-refractivity contribution in [3.63, 3.8) is 0 Å². The van der Waals surface area contributed by atoms with Crippen molar-refractivity contribution in [3.8, 4) is 17.2 Å². The van der Waals surface area contributed by atoms with Crippen molar-refractivity contribution in [1.82, 2.24) is 9.88 Å². The summed E-state index contributed by atoms with van der Waals surface area (Å²) in [5, 5.41) is 5.03. The van der Waals surface area contributed by atoms with Crippen molar-refractivity contribution in [3.05, 3.63) is 59.1 Å². The van der Waals surface area contributed by atoms with Crippen LogP contribution in [0.2, 0.25) is 0 Å². The zero-order chi connectivity index (χ0) is 24.8. The Morgan fingerprint density at radius 1 is 0.943 bits per heavy atom. The molecule has 10 heteroatoms. The number of piperazine rings is 1. The summed E-state index contributed by atoms with van der Waals surface area (Å²) < 4.78 is 15.7. The van der Waals surface area contributed by atoms with Crippen LogP contribution in [-0.2, 0) is 11.2 Å². The summed E-state index contributed by atoms with van der Waals surface area (Å²) in [6.45, 7) is 2.83. The van der Waals surface area contributed by atoms with Crippen molar-refractivity contribution in [1.29, 1.82) is 0 Å². The Kier molecular flexibility index (Phi) is 7.71. The van der Waals surface area contributed by atoms with Crippen LogP contribution in [0.25, 0.3) is 0 Å². The molecule has 1 aliphatic rings. The van der Waals surface area contributed by atoms with Gasteiger partial charge in [0.1, 0.15) is 5.75 Å². The molecule has 1 fully saturated rings. The van der Waals surface area contributed by atoms with Crippen LogP contribution in [0.3, 0.4) is 0 Å². The van der Waals surface area contributed by atoms with Crippen molar-refractivity contribution in [2.24, 2.45) is 0 Å². The van der Waals surface area contributed by atoms with E-state index < -0.39 is 0 Å². The Morgan fingerprint density at radius 3 is 2.31 bits per heavy atom. The van der Waals surface area contributed by atoms with Gasteiger partial charge in [-0.2, -0.15) is 0 Å². The van der Waals surface area contributed by atoms with Gasteiger partial charge in [-0.15, -0.1) is 11.3 Å². The van der Waals surface area contributed by atoms with Crippen LogP contribution >= 0.6 is 11.3 Å². The quantitative estimate of drug-likeness (QED) is 0.511. The van der Waals surface area contributed by atoms with E-state index in [1.165, 1.54) is 25.6 Å². The van der Waals surface area contributed by atoms with Gasteiger partial charge in [-0.1, -0.05) is 0 Å². The van der Waals surface area contributed by atoms with Crippen LogP contribution in [0.1, 0.15) is 16.1 Å². The molecule has 2 aromatic carbocycles. The number of benzene rings is 2. The summed E-state index contributed by atoms with van der Waals surface area (Å²) in [5.41, 5.74) is 2.18. The summed E-state index contributed by atoms with van der Waals surface area (Å²) in [6.07, 6.45) is 0.200. The number of ether oxygens (including phenoxy) is 3. The lowest BCUT2D eigenvalue weighted by Gasteiger charge is -2.36. The van der Waals surface area contributed by atoms with Gasteiger partial charge in [-0.25, -0.2) is 4.98 Å². The lowest BCUT2D eigenvalue weighted by Crippen LogP contribution is -2.49. The first kappa shape index (κ1) is 24.3. The Hall–Kier alpha value is -3.79. The first-order chi connectivity index (χ1) is 17.0. The zero-order valence-electron chi connectivity index (χ0n) is 19.9. The molecule has 1 aliphatic heterocycles. The number of rotatable bonds is 8. The van der Waals surface area contributed by atoms with Crippen LogP contribution in [0.5, 0.6) is 17.2 Å². The minimum Gasteiger partial charge on any atom is -0.497 e. The van der Waals surface area contributed by atoms with Crippen molar-refractivity contribution in [2.75, 3.05) is 57.7 Å². The zero-order valence-corrected chi connectivity index (χ0v) is 20.8. The fraction of sp³-hybridized carbons (Fsp3) is 0.320. The minimum atomic E-state index is -0.312. The molecule has 0 aliphatic carbocycles. The maximum Gasteiger partial charge on any atom is 0.257 e. The predicted octanol–water partition coefficient (Wildman–Crippen LogP) is 3.31. The molecule has 0 atom stereocenters. The molecule has 0 unspecified atom stereocenters. The van der Waals surface area contributed by atoms with Crippen LogP contribution < -0.4 is 24.4 Å². The van der Waals surface area contributed by atoms with E-state index in [2.05, 4.69) is 15.2 Å².